The molecule has 0 fully saturated rings. The first kappa shape index (κ1) is 15.0. The minimum atomic E-state index is -4.67. The van der Waals surface area contributed by atoms with Crippen molar-refractivity contribution in [2.45, 2.75) is 26.1 Å². The van der Waals surface area contributed by atoms with Crippen molar-refractivity contribution >= 4 is 17.5 Å². The number of alkyl halides is 3. The molecule has 0 aliphatic heterocycles. The largest absolute Gasteiger partial charge is 0.451 e. The van der Waals surface area contributed by atoms with Gasteiger partial charge in [-0.25, -0.2) is 9.97 Å². The van der Waals surface area contributed by atoms with Crippen molar-refractivity contribution in [3.63, 3.8) is 0 Å². The highest BCUT2D eigenvalue weighted by molar-refractivity contribution is 5.82. The van der Waals surface area contributed by atoms with Gasteiger partial charge in [-0.3, -0.25) is 4.79 Å². The van der Waals surface area contributed by atoms with Crippen LogP contribution < -0.4 is 16.4 Å². The fraction of sp³-hybridized carbons (Fsp3) is 0.500. The summed E-state index contributed by atoms with van der Waals surface area (Å²) in [7, 11) is 0. The molecule has 0 saturated carbocycles. The first-order valence-corrected chi connectivity index (χ1v) is 5.50. The number of primary amides is 1. The average molecular weight is 277 g/mol. The molecule has 0 radical (unpaired) electrons. The van der Waals surface area contributed by atoms with Gasteiger partial charge in [0.1, 0.15) is 17.7 Å². The van der Waals surface area contributed by atoms with Gasteiger partial charge in [0.25, 0.3) is 0 Å². The number of carbonyl (C=O) groups is 1. The van der Waals surface area contributed by atoms with Crippen molar-refractivity contribution in [2.75, 3.05) is 17.2 Å². The molecular weight excluding hydrogens is 263 g/mol. The van der Waals surface area contributed by atoms with Crippen molar-refractivity contribution in [3.05, 3.63) is 11.9 Å². The molecule has 19 heavy (non-hydrogen) atoms. The molecule has 1 atom stereocenters. The SMILES string of the molecule is CCNc1cc(NC(C)C(N)=O)nc(C(F)(F)F)n1. The fourth-order valence-corrected chi connectivity index (χ4v) is 1.21. The molecule has 1 aromatic heterocycles. The zero-order chi connectivity index (χ0) is 14.6. The molecule has 0 aliphatic carbocycles. The van der Waals surface area contributed by atoms with Crippen LogP contribution in [0.4, 0.5) is 24.8 Å². The second-order valence-corrected chi connectivity index (χ2v) is 3.76. The smallest absolute Gasteiger partial charge is 0.370 e. The zero-order valence-electron chi connectivity index (χ0n) is 10.4. The van der Waals surface area contributed by atoms with Crippen molar-refractivity contribution < 1.29 is 18.0 Å². The molecule has 1 rings (SSSR count). The molecule has 0 saturated heterocycles. The van der Waals surface area contributed by atoms with Gasteiger partial charge in [0.2, 0.25) is 11.7 Å². The molecule has 4 N–H and O–H groups in total. The van der Waals surface area contributed by atoms with Gasteiger partial charge in [-0.15, -0.1) is 0 Å². The van der Waals surface area contributed by atoms with Gasteiger partial charge in [-0.1, -0.05) is 0 Å². The summed E-state index contributed by atoms with van der Waals surface area (Å²) in [5.74, 6) is -2.09. The number of carbonyl (C=O) groups excluding carboxylic acids is 1. The lowest BCUT2D eigenvalue weighted by Gasteiger charge is -2.14. The molecule has 9 heteroatoms. The second-order valence-electron chi connectivity index (χ2n) is 3.76. The van der Waals surface area contributed by atoms with Crippen molar-refractivity contribution in [1.29, 1.82) is 0 Å². The predicted octanol–water partition coefficient (Wildman–Crippen LogP) is 1.21. The van der Waals surface area contributed by atoms with Crippen LogP contribution in [0, 0.1) is 0 Å². The lowest BCUT2D eigenvalue weighted by molar-refractivity contribution is -0.144. The molecule has 0 aliphatic rings. The van der Waals surface area contributed by atoms with Gasteiger partial charge in [0, 0.05) is 12.6 Å². The highest BCUT2D eigenvalue weighted by Crippen LogP contribution is 2.28. The average Bonchev–Trinajstić information content (AvgIpc) is 2.27. The van der Waals surface area contributed by atoms with Crippen LogP contribution in [0.15, 0.2) is 6.07 Å². The number of halogens is 3. The van der Waals surface area contributed by atoms with E-state index in [1.165, 1.54) is 13.0 Å². The third-order valence-electron chi connectivity index (χ3n) is 2.13. The van der Waals surface area contributed by atoms with E-state index in [9.17, 15) is 18.0 Å². The summed E-state index contributed by atoms with van der Waals surface area (Å²) in [6.45, 7) is 3.54. The van der Waals surface area contributed by atoms with E-state index < -0.39 is 23.9 Å². The minimum absolute atomic E-state index is 0.0176. The van der Waals surface area contributed by atoms with E-state index in [0.717, 1.165) is 0 Å². The maximum absolute atomic E-state index is 12.6. The lowest BCUT2D eigenvalue weighted by atomic mass is 10.3. The molecule has 106 valence electrons. The van der Waals surface area contributed by atoms with Crippen molar-refractivity contribution in [2.24, 2.45) is 5.73 Å². The molecule has 0 spiro atoms. The Morgan fingerprint density at radius 2 is 2.00 bits per heavy atom. The van der Waals surface area contributed by atoms with Crippen LogP contribution in [-0.2, 0) is 11.0 Å². The summed E-state index contributed by atoms with van der Waals surface area (Å²) in [5, 5.41) is 5.14. The van der Waals surface area contributed by atoms with Crippen LogP contribution >= 0.6 is 0 Å². The van der Waals surface area contributed by atoms with Crippen molar-refractivity contribution in [1.82, 2.24) is 9.97 Å². The fourth-order valence-electron chi connectivity index (χ4n) is 1.21. The Kier molecular flexibility index (Phi) is 4.52. The van der Waals surface area contributed by atoms with Gasteiger partial charge in [0.05, 0.1) is 0 Å². The normalized spacial score (nSPS) is 12.9. The Bertz CT molecular complexity index is 463. The summed E-state index contributed by atoms with van der Waals surface area (Å²) >= 11 is 0. The Labute approximate surface area is 107 Å². The molecule has 0 bridgehead atoms. The maximum Gasteiger partial charge on any atom is 0.451 e. The molecule has 0 aromatic carbocycles. The monoisotopic (exact) mass is 277 g/mol. The molecular formula is C10H14F3N5O. The number of amides is 1. The highest BCUT2D eigenvalue weighted by Gasteiger charge is 2.35. The first-order chi connectivity index (χ1) is 8.74. The Morgan fingerprint density at radius 3 is 2.47 bits per heavy atom. The van der Waals surface area contributed by atoms with Crippen LogP contribution in [0.2, 0.25) is 0 Å². The van der Waals surface area contributed by atoms with E-state index in [4.69, 9.17) is 5.73 Å². The number of aromatic nitrogens is 2. The van der Waals surface area contributed by atoms with Gasteiger partial charge < -0.3 is 16.4 Å². The van der Waals surface area contributed by atoms with Crippen LogP contribution in [0.5, 0.6) is 0 Å². The zero-order valence-corrected chi connectivity index (χ0v) is 10.4. The van der Waals surface area contributed by atoms with E-state index in [-0.39, 0.29) is 11.6 Å². The van der Waals surface area contributed by atoms with E-state index in [1.807, 2.05) is 0 Å². The quantitative estimate of drug-likeness (QED) is 0.752. The molecule has 6 nitrogen and oxygen atoms in total. The topological polar surface area (TPSA) is 92.9 Å². The summed E-state index contributed by atoms with van der Waals surface area (Å²) in [4.78, 5) is 17.5. The number of nitrogens with two attached hydrogens (primary N) is 1. The summed E-state index contributed by atoms with van der Waals surface area (Å²) in [5.41, 5.74) is 5.02. The summed E-state index contributed by atoms with van der Waals surface area (Å²) in [6, 6.07) is 0.434. The van der Waals surface area contributed by atoms with Crippen LogP contribution in [-0.4, -0.2) is 28.5 Å². The standard InChI is InChI=1S/C10H14F3N5O/c1-3-15-6-4-7(16-5(2)8(14)19)18-9(17-6)10(11,12)13/h4-5H,3H2,1-2H3,(H2,14,19)(H2,15,16,17,18). The van der Waals surface area contributed by atoms with E-state index in [2.05, 4.69) is 20.6 Å². The molecule has 1 heterocycles. The summed E-state index contributed by atoms with van der Waals surface area (Å²) < 4.78 is 37.8. The highest BCUT2D eigenvalue weighted by atomic mass is 19.4. The number of anilines is 2. The molecule has 1 amide bonds. The molecule has 1 unspecified atom stereocenters. The van der Waals surface area contributed by atoms with Gasteiger partial charge in [-0.2, -0.15) is 13.2 Å². The molecule has 1 aromatic rings. The number of nitrogens with one attached hydrogen (secondary N) is 2. The summed E-state index contributed by atoms with van der Waals surface area (Å²) in [6.07, 6.45) is -4.67. The number of rotatable bonds is 5. The van der Waals surface area contributed by atoms with E-state index in [1.54, 1.807) is 6.92 Å². The van der Waals surface area contributed by atoms with E-state index in [0.29, 0.717) is 6.54 Å². The van der Waals surface area contributed by atoms with Crippen LogP contribution in [0.25, 0.3) is 0 Å². The van der Waals surface area contributed by atoms with Gasteiger partial charge in [0.15, 0.2) is 0 Å². The Hall–Kier alpha value is -2.06. The predicted molar refractivity (Wildman–Crippen MR) is 63.5 cm³/mol. The minimum Gasteiger partial charge on any atom is -0.370 e. The second kappa shape index (κ2) is 5.72. The number of hydrogen-bond donors (Lipinski definition) is 3. The van der Waals surface area contributed by atoms with Crippen LogP contribution in [0.3, 0.4) is 0 Å². The van der Waals surface area contributed by atoms with E-state index >= 15 is 0 Å². The van der Waals surface area contributed by atoms with Gasteiger partial charge in [-0.05, 0) is 13.8 Å². The Morgan fingerprint density at radius 1 is 1.42 bits per heavy atom. The van der Waals surface area contributed by atoms with Gasteiger partial charge >= 0.3 is 6.18 Å². The third kappa shape index (κ3) is 4.27. The van der Waals surface area contributed by atoms with Crippen molar-refractivity contribution in [3.8, 4) is 0 Å². The van der Waals surface area contributed by atoms with Crippen LogP contribution in [0.1, 0.15) is 19.7 Å². The number of hydrogen-bond acceptors (Lipinski definition) is 5. The third-order valence-corrected chi connectivity index (χ3v) is 2.13. The Balaban J connectivity index is 3.09. The maximum atomic E-state index is 12.6. The first-order valence-electron chi connectivity index (χ1n) is 5.50. The number of nitrogens with zero attached hydrogens (tertiary/aromatic N) is 2. The lowest BCUT2D eigenvalue weighted by Crippen LogP contribution is -2.33.